The minimum atomic E-state index is 0.123. The van der Waals surface area contributed by atoms with Gasteiger partial charge in [0.25, 0.3) is 0 Å². The number of nitrogens with one attached hydrogen (secondary N) is 1. The van der Waals surface area contributed by atoms with Crippen molar-refractivity contribution >= 4 is 5.91 Å². The van der Waals surface area contributed by atoms with Gasteiger partial charge in [0, 0.05) is 12.6 Å². The smallest absolute Gasteiger partial charge is 0.234 e. The highest BCUT2D eigenvalue weighted by molar-refractivity contribution is 5.78. The lowest BCUT2D eigenvalue weighted by Crippen LogP contribution is -2.47. The first-order chi connectivity index (χ1) is 11.1. The summed E-state index contributed by atoms with van der Waals surface area (Å²) in [6.07, 6.45) is 3.61. The summed E-state index contributed by atoms with van der Waals surface area (Å²) in [6, 6.07) is 10.1. The van der Waals surface area contributed by atoms with Gasteiger partial charge in [-0.05, 0) is 37.4 Å². The Balaban J connectivity index is 1.66. The van der Waals surface area contributed by atoms with Gasteiger partial charge in [-0.2, -0.15) is 0 Å². The first-order valence-electron chi connectivity index (χ1n) is 8.72. The van der Waals surface area contributed by atoms with Crippen LogP contribution in [0.15, 0.2) is 30.3 Å². The lowest BCUT2D eigenvalue weighted by atomic mass is 9.78. The summed E-state index contributed by atoms with van der Waals surface area (Å²) in [6.45, 7) is 6.29. The summed E-state index contributed by atoms with van der Waals surface area (Å²) in [7, 11) is 1.96. The van der Waals surface area contributed by atoms with Gasteiger partial charge >= 0.3 is 0 Å². The molecule has 3 atom stereocenters. The maximum atomic E-state index is 12.2. The molecule has 3 unspecified atom stereocenters. The summed E-state index contributed by atoms with van der Waals surface area (Å²) < 4.78 is 5.67. The second-order valence-corrected chi connectivity index (χ2v) is 6.84. The van der Waals surface area contributed by atoms with E-state index in [0.29, 0.717) is 31.0 Å². The Kier molecular flexibility index (Phi) is 6.90. The lowest BCUT2D eigenvalue weighted by Gasteiger charge is -2.35. The van der Waals surface area contributed by atoms with Crippen molar-refractivity contribution in [1.29, 1.82) is 0 Å². The molecule has 0 saturated heterocycles. The molecule has 128 valence electrons. The van der Waals surface area contributed by atoms with Crippen molar-refractivity contribution in [2.75, 3.05) is 26.7 Å². The monoisotopic (exact) mass is 318 g/mol. The number of carbonyl (C=O) groups excluding carboxylic acids is 1. The molecule has 0 bridgehead atoms. The van der Waals surface area contributed by atoms with Gasteiger partial charge in [-0.25, -0.2) is 0 Å². The van der Waals surface area contributed by atoms with Crippen molar-refractivity contribution in [2.45, 2.75) is 39.2 Å². The molecule has 0 aliphatic heterocycles. The number of carbonyl (C=O) groups is 1. The van der Waals surface area contributed by atoms with Gasteiger partial charge in [0.15, 0.2) is 0 Å². The third-order valence-corrected chi connectivity index (χ3v) is 4.95. The second kappa shape index (κ2) is 8.92. The number of ether oxygens (including phenoxy) is 1. The lowest BCUT2D eigenvalue weighted by molar-refractivity contribution is -0.123. The Morgan fingerprint density at radius 2 is 2.00 bits per heavy atom. The van der Waals surface area contributed by atoms with Crippen LogP contribution < -0.4 is 10.1 Å². The van der Waals surface area contributed by atoms with Gasteiger partial charge in [0.2, 0.25) is 5.91 Å². The standard InChI is InChI=1S/C19H30N2O2/c1-15-8-7-11-18(16(15)2)20-19(22)14-21(3)12-13-23-17-9-5-4-6-10-17/h4-6,9-10,15-16,18H,7-8,11-14H2,1-3H3,(H,20,22). The van der Waals surface area contributed by atoms with Crippen LogP contribution in [0.3, 0.4) is 0 Å². The zero-order valence-electron chi connectivity index (χ0n) is 14.6. The number of hydrogen-bond donors (Lipinski definition) is 1. The zero-order chi connectivity index (χ0) is 16.7. The molecule has 23 heavy (non-hydrogen) atoms. The number of benzene rings is 1. The molecule has 4 heteroatoms. The van der Waals surface area contributed by atoms with Crippen LogP contribution in [-0.2, 0) is 4.79 Å². The van der Waals surface area contributed by atoms with E-state index in [2.05, 4.69) is 19.2 Å². The van der Waals surface area contributed by atoms with Crippen LogP contribution in [0.4, 0.5) is 0 Å². The predicted molar refractivity (Wildman–Crippen MR) is 93.5 cm³/mol. The predicted octanol–water partition coefficient (Wildman–Crippen LogP) is 2.94. The number of nitrogens with zero attached hydrogens (tertiary/aromatic N) is 1. The van der Waals surface area contributed by atoms with E-state index in [0.717, 1.165) is 18.7 Å². The number of likely N-dealkylation sites (N-methyl/N-ethyl adjacent to an activating group) is 1. The molecule has 1 amide bonds. The van der Waals surface area contributed by atoms with Gasteiger partial charge in [-0.3, -0.25) is 9.69 Å². The highest BCUT2D eigenvalue weighted by Crippen LogP contribution is 2.29. The molecule has 1 fully saturated rings. The molecule has 4 nitrogen and oxygen atoms in total. The molecular weight excluding hydrogens is 288 g/mol. The fraction of sp³-hybridized carbons (Fsp3) is 0.632. The summed E-state index contributed by atoms with van der Waals surface area (Å²) in [4.78, 5) is 14.2. The van der Waals surface area contributed by atoms with E-state index in [1.165, 1.54) is 12.8 Å². The minimum Gasteiger partial charge on any atom is -0.492 e. The molecule has 1 aromatic carbocycles. The Bertz CT molecular complexity index is 478. The van der Waals surface area contributed by atoms with Gasteiger partial charge in [-0.1, -0.05) is 44.9 Å². The van der Waals surface area contributed by atoms with Crippen LogP contribution in [0.2, 0.25) is 0 Å². The fourth-order valence-corrected chi connectivity index (χ4v) is 3.20. The Labute approximate surface area is 140 Å². The minimum absolute atomic E-state index is 0.123. The molecule has 0 aromatic heterocycles. The Morgan fingerprint density at radius 3 is 2.74 bits per heavy atom. The van der Waals surface area contributed by atoms with Crippen LogP contribution in [0.5, 0.6) is 5.75 Å². The van der Waals surface area contributed by atoms with Gasteiger partial charge < -0.3 is 10.1 Å². The molecule has 0 radical (unpaired) electrons. The van der Waals surface area contributed by atoms with E-state index in [9.17, 15) is 4.79 Å². The van der Waals surface area contributed by atoms with Crippen LogP contribution in [0.1, 0.15) is 33.1 Å². The first kappa shape index (κ1) is 17.8. The SMILES string of the molecule is CC1CCCC(NC(=O)CN(C)CCOc2ccccc2)C1C. The molecule has 2 rings (SSSR count). The Morgan fingerprint density at radius 1 is 1.26 bits per heavy atom. The number of amides is 1. The summed E-state index contributed by atoms with van der Waals surface area (Å²) >= 11 is 0. The average Bonchev–Trinajstić information content (AvgIpc) is 2.53. The van der Waals surface area contributed by atoms with Crippen LogP contribution in [0.25, 0.3) is 0 Å². The highest BCUT2D eigenvalue weighted by Gasteiger charge is 2.28. The highest BCUT2D eigenvalue weighted by atomic mass is 16.5. The summed E-state index contributed by atoms with van der Waals surface area (Å²) in [5.74, 6) is 2.26. The molecule has 0 spiro atoms. The van der Waals surface area contributed by atoms with Crippen molar-refractivity contribution in [3.05, 3.63) is 30.3 Å². The largest absolute Gasteiger partial charge is 0.492 e. The van der Waals surface area contributed by atoms with Gasteiger partial charge in [0.1, 0.15) is 12.4 Å². The van der Waals surface area contributed by atoms with E-state index < -0.39 is 0 Å². The number of rotatable bonds is 7. The van der Waals surface area contributed by atoms with Crippen molar-refractivity contribution in [3.8, 4) is 5.75 Å². The van der Waals surface area contributed by atoms with Crippen molar-refractivity contribution < 1.29 is 9.53 Å². The van der Waals surface area contributed by atoms with E-state index in [1.807, 2.05) is 42.3 Å². The number of para-hydroxylation sites is 1. The van der Waals surface area contributed by atoms with E-state index in [4.69, 9.17) is 4.74 Å². The molecule has 1 saturated carbocycles. The average molecular weight is 318 g/mol. The molecule has 1 aliphatic carbocycles. The van der Waals surface area contributed by atoms with Crippen LogP contribution >= 0.6 is 0 Å². The normalized spacial score (nSPS) is 24.4. The van der Waals surface area contributed by atoms with Gasteiger partial charge in [-0.15, -0.1) is 0 Å². The van der Waals surface area contributed by atoms with E-state index >= 15 is 0 Å². The molecule has 0 heterocycles. The van der Waals surface area contributed by atoms with Crippen LogP contribution in [0, 0.1) is 11.8 Å². The number of hydrogen-bond acceptors (Lipinski definition) is 3. The summed E-state index contributed by atoms with van der Waals surface area (Å²) in [5.41, 5.74) is 0. The van der Waals surface area contributed by atoms with Crippen molar-refractivity contribution in [3.63, 3.8) is 0 Å². The van der Waals surface area contributed by atoms with E-state index in [-0.39, 0.29) is 5.91 Å². The van der Waals surface area contributed by atoms with Gasteiger partial charge in [0.05, 0.1) is 6.54 Å². The topological polar surface area (TPSA) is 41.6 Å². The fourth-order valence-electron chi connectivity index (χ4n) is 3.20. The van der Waals surface area contributed by atoms with Crippen molar-refractivity contribution in [1.82, 2.24) is 10.2 Å². The zero-order valence-corrected chi connectivity index (χ0v) is 14.6. The van der Waals surface area contributed by atoms with Crippen molar-refractivity contribution in [2.24, 2.45) is 11.8 Å². The molecule has 1 aromatic rings. The molecular formula is C19H30N2O2. The quantitative estimate of drug-likeness (QED) is 0.840. The summed E-state index contributed by atoms with van der Waals surface area (Å²) in [5, 5.41) is 3.22. The first-order valence-corrected chi connectivity index (χ1v) is 8.72. The molecule has 1 N–H and O–H groups in total. The maximum Gasteiger partial charge on any atom is 0.234 e. The van der Waals surface area contributed by atoms with E-state index in [1.54, 1.807) is 0 Å². The third kappa shape index (κ3) is 5.87. The molecule has 1 aliphatic rings. The second-order valence-electron chi connectivity index (χ2n) is 6.84. The van der Waals surface area contributed by atoms with Crippen LogP contribution in [-0.4, -0.2) is 43.6 Å². The maximum absolute atomic E-state index is 12.2. The Hall–Kier alpha value is -1.55. The third-order valence-electron chi connectivity index (χ3n) is 4.95.